The third-order valence-corrected chi connectivity index (χ3v) is 7.02. The van der Waals surface area contributed by atoms with E-state index in [1.54, 1.807) is 13.8 Å². The molecule has 0 bridgehead atoms. The Balaban J connectivity index is 3.46. The molecule has 1 N–H and O–H groups in total. The lowest BCUT2D eigenvalue weighted by atomic mass is 9.90. The maximum Gasteiger partial charge on any atom is 0.342 e. The van der Waals surface area contributed by atoms with E-state index in [4.69, 9.17) is 14.0 Å². The average Bonchev–Trinajstić information content (AvgIpc) is 2.65. The molecule has 160 valence electrons. The van der Waals surface area contributed by atoms with E-state index in [1.165, 1.54) is 14.2 Å². The van der Waals surface area contributed by atoms with Crippen molar-refractivity contribution < 1.29 is 23.4 Å². The second-order valence-electron chi connectivity index (χ2n) is 7.80. The maximum absolute atomic E-state index is 13.7. The van der Waals surface area contributed by atoms with Crippen LogP contribution in [-0.4, -0.2) is 32.1 Å². The molecule has 0 spiro atoms. The van der Waals surface area contributed by atoms with Crippen LogP contribution in [0.25, 0.3) is 0 Å². The molecule has 0 amide bonds. The molecular weight excluding hydrogens is 377 g/mol. The number of benzene rings is 1. The molecule has 7 heteroatoms. The number of hydrogen-bond donors (Lipinski definition) is 1. The van der Waals surface area contributed by atoms with E-state index in [9.17, 15) is 9.36 Å². The van der Waals surface area contributed by atoms with Gasteiger partial charge in [0.05, 0.1) is 7.11 Å². The van der Waals surface area contributed by atoms with Gasteiger partial charge in [-0.2, -0.15) is 0 Å². The van der Waals surface area contributed by atoms with Gasteiger partial charge >= 0.3 is 13.5 Å². The SMILES string of the molecule is CCC(C)c1cccc(C(C)CC)c1OP(=O)(COC)NC(C)(C)C(=O)OC. The first-order valence-corrected chi connectivity index (χ1v) is 11.6. The van der Waals surface area contributed by atoms with E-state index in [-0.39, 0.29) is 18.2 Å². The Morgan fingerprint density at radius 1 is 1.11 bits per heavy atom. The minimum Gasteiger partial charge on any atom is -0.468 e. The van der Waals surface area contributed by atoms with Crippen LogP contribution in [0.5, 0.6) is 5.75 Å². The molecule has 0 heterocycles. The fourth-order valence-electron chi connectivity index (χ4n) is 3.02. The summed E-state index contributed by atoms with van der Waals surface area (Å²) in [6.45, 7) is 11.7. The minimum atomic E-state index is -3.56. The van der Waals surface area contributed by atoms with Gasteiger partial charge in [-0.05, 0) is 49.7 Å². The van der Waals surface area contributed by atoms with Crippen LogP contribution in [0, 0.1) is 0 Å². The summed E-state index contributed by atoms with van der Waals surface area (Å²) in [6.07, 6.45) is 1.69. The van der Waals surface area contributed by atoms with Crippen molar-refractivity contribution in [2.45, 2.75) is 71.8 Å². The smallest absolute Gasteiger partial charge is 0.342 e. The highest BCUT2D eigenvalue weighted by Gasteiger charge is 2.39. The normalized spacial score (nSPS) is 16.1. The fraction of sp³-hybridized carbons (Fsp3) is 0.667. The van der Waals surface area contributed by atoms with Crippen molar-refractivity contribution in [3.05, 3.63) is 29.3 Å². The van der Waals surface area contributed by atoms with Crippen LogP contribution in [0.1, 0.15) is 77.3 Å². The Morgan fingerprint density at radius 2 is 1.61 bits per heavy atom. The second-order valence-corrected chi connectivity index (χ2v) is 9.81. The first kappa shape index (κ1) is 24.7. The minimum absolute atomic E-state index is 0.164. The van der Waals surface area contributed by atoms with Gasteiger partial charge in [0.25, 0.3) is 0 Å². The lowest BCUT2D eigenvalue weighted by molar-refractivity contribution is -0.146. The molecule has 0 aliphatic rings. The molecule has 0 aromatic heterocycles. The van der Waals surface area contributed by atoms with E-state index >= 15 is 0 Å². The number of nitrogens with one attached hydrogen (secondary N) is 1. The van der Waals surface area contributed by atoms with E-state index < -0.39 is 19.0 Å². The average molecular weight is 413 g/mol. The van der Waals surface area contributed by atoms with Crippen LogP contribution >= 0.6 is 7.52 Å². The van der Waals surface area contributed by atoms with Crippen molar-refractivity contribution in [1.29, 1.82) is 0 Å². The van der Waals surface area contributed by atoms with E-state index in [0.717, 1.165) is 24.0 Å². The quantitative estimate of drug-likeness (QED) is 0.385. The highest BCUT2D eigenvalue weighted by molar-refractivity contribution is 7.57. The summed E-state index contributed by atoms with van der Waals surface area (Å²) in [4.78, 5) is 12.1. The summed E-state index contributed by atoms with van der Waals surface area (Å²) < 4.78 is 29.9. The largest absolute Gasteiger partial charge is 0.468 e. The van der Waals surface area contributed by atoms with E-state index in [0.29, 0.717) is 5.75 Å². The number of rotatable bonds is 11. The van der Waals surface area contributed by atoms with Crippen molar-refractivity contribution in [3.8, 4) is 5.75 Å². The Bertz CT molecular complexity index is 676. The number of para-hydroxylation sites is 1. The number of ether oxygens (including phenoxy) is 2. The highest BCUT2D eigenvalue weighted by atomic mass is 31.2. The molecule has 3 unspecified atom stereocenters. The van der Waals surface area contributed by atoms with Gasteiger partial charge in [0.15, 0.2) is 0 Å². The molecule has 0 aliphatic carbocycles. The molecule has 6 nitrogen and oxygen atoms in total. The third-order valence-electron chi connectivity index (χ3n) is 5.05. The van der Waals surface area contributed by atoms with Gasteiger partial charge in [-0.15, -0.1) is 0 Å². The standard InChI is InChI=1S/C21H36NO5P/c1-9-15(3)17-12-11-13-18(16(4)10-2)19(17)27-28(24,14-25-7)22-21(5,6)20(23)26-8/h11-13,15-16H,9-10,14H2,1-8H3,(H,22,24). The Kier molecular flexibility index (Phi) is 9.19. The maximum atomic E-state index is 13.7. The van der Waals surface area contributed by atoms with Crippen molar-refractivity contribution in [2.24, 2.45) is 0 Å². The van der Waals surface area contributed by atoms with E-state index in [1.807, 2.05) is 18.2 Å². The van der Waals surface area contributed by atoms with Crippen LogP contribution in [0.2, 0.25) is 0 Å². The molecule has 1 aromatic carbocycles. The lowest BCUT2D eigenvalue weighted by Crippen LogP contribution is -2.46. The van der Waals surface area contributed by atoms with Crippen LogP contribution in [-0.2, 0) is 18.8 Å². The second kappa shape index (κ2) is 10.4. The fourth-order valence-corrected chi connectivity index (χ4v) is 4.97. The monoisotopic (exact) mass is 413 g/mol. The number of carbonyl (C=O) groups excluding carboxylic acids is 1. The highest BCUT2D eigenvalue weighted by Crippen LogP contribution is 2.49. The van der Waals surface area contributed by atoms with Gasteiger partial charge in [-0.1, -0.05) is 45.9 Å². The Labute approximate surface area is 169 Å². The summed E-state index contributed by atoms with van der Waals surface area (Å²) in [6, 6.07) is 6.04. The van der Waals surface area contributed by atoms with Crippen molar-refractivity contribution in [2.75, 3.05) is 20.6 Å². The zero-order valence-corrected chi connectivity index (χ0v) is 19.4. The number of methoxy groups -OCH3 is 2. The van der Waals surface area contributed by atoms with Gasteiger partial charge in [-0.25, -0.2) is 5.09 Å². The molecule has 3 atom stereocenters. The molecule has 0 aliphatic heterocycles. The molecule has 0 saturated carbocycles. The summed E-state index contributed by atoms with van der Waals surface area (Å²) in [5.41, 5.74) is 0.827. The summed E-state index contributed by atoms with van der Waals surface area (Å²) in [5, 5.41) is 2.87. The van der Waals surface area contributed by atoms with Crippen LogP contribution in [0.3, 0.4) is 0 Å². The predicted octanol–water partition coefficient (Wildman–Crippen LogP) is 5.43. The third kappa shape index (κ3) is 6.07. The summed E-state index contributed by atoms with van der Waals surface area (Å²) in [7, 11) is -0.801. The number of carbonyl (C=O) groups is 1. The van der Waals surface area contributed by atoms with Gasteiger partial charge in [0.2, 0.25) is 0 Å². The Hall–Kier alpha value is -1.36. The zero-order chi connectivity index (χ0) is 21.5. The number of esters is 1. The first-order valence-electron chi connectivity index (χ1n) is 9.83. The van der Waals surface area contributed by atoms with Crippen LogP contribution in [0.4, 0.5) is 0 Å². The van der Waals surface area contributed by atoms with E-state index in [2.05, 4.69) is 32.8 Å². The van der Waals surface area contributed by atoms with Gasteiger partial charge in [0.1, 0.15) is 17.6 Å². The topological polar surface area (TPSA) is 73.9 Å². The zero-order valence-electron chi connectivity index (χ0n) is 18.5. The summed E-state index contributed by atoms with van der Waals surface area (Å²) >= 11 is 0. The molecule has 28 heavy (non-hydrogen) atoms. The molecule has 0 radical (unpaired) electrons. The molecule has 1 aromatic rings. The molecule has 1 rings (SSSR count). The van der Waals surface area contributed by atoms with Crippen molar-refractivity contribution in [3.63, 3.8) is 0 Å². The van der Waals surface area contributed by atoms with Gasteiger partial charge in [0, 0.05) is 7.11 Å². The number of hydrogen-bond acceptors (Lipinski definition) is 5. The summed E-state index contributed by atoms with van der Waals surface area (Å²) in [5.74, 6) is 0.580. The lowest BCUT2D eigenvalue weighted by Gasteiger charge is -2.31. The molecule has 0 fully saturated rings. The van der Waals surface area contributed by atoms with Gasteiger partial charge < -0.3 is 14.0 Å². The van der Waals surface area contributed by atoms with Gasteiger partial charge in [-0.3, -0.25) is 9.36 Å². The predicted molar refractivity (Wildman–Crippen MR) is 113 cm³/mol. The van der Waals surface area contributed by atoms with Crippen molar-refractivity contribution in [1.82, 2.24) is 5.09 Å². The first-order chi connectivity index (χ1) is 13.0. The van der Waals surface area contributed by atoms with Crippen molar-refractivity contribution >= 4 is 13.5 Å². The van der Waals surface area contributed by atoms with Crippen LogP contribution in [0.15, 0.2) is 18.2 Å². The molecular formula is C21H36NO5P. The van der Waals surface area contributed by atoms with Crippen LogP contribution < -0.4 is 9.61 Å². The molecule has 0 saturated heterocycles. The Morgan fingerprint density at radius 3 is 2.00 bits per heavy atom.